The third kappa shape index (κ3) is 3.45. The van der Waals surface area contributed by atoms with E-state index in [-0.39, 0.29) is 0 Å². The Bertz CT molecular complexity index is 556. The summed E-state index contributed by atoms with van der Waals surface area (Å²) in [7, 11) is 2.21. The van der Waals surface area contributed by atoms with E-state index < -0.39 is 0 Å². The number of rotatable bonds is 4. The summed E-state index contributed by atoms with van der Waals surface area (Å²) in [5.74, 6) is 0.759. The van der Waals surface area contributed by atoms with Crippen molar-refractivity contribution in [2.45, 2.75) is 25.8 Å². The van der Waals surface area contributed by atoms with Crippen molar-refractivity contribution in [3.8, 4) is 5.69 Å². The first kappa shape index (κ1) is 14.1. The molecular formula is C17H24N4. The zero-order valence-electron chi connectivity index (χ0n) is 12.9. The van der Waals surface area contributed by atoms with E-state index in [9.17, 15) is 0 Å². The Hall–Kier alpha value is -1.81. The third-order valence-corrected chi connectivity index (χ3v) is 4.48. The van der Waals surface area contributed by atoms with Gasteiger partial charge in [-0.05, 0) is 70.1 Å². The van der Waals surface area contributed by atoms with E-state index in [1.165, 1.54) is 31.6 Å². The Morgan fingerprint density at radius 1 is 1.24 bits per heavy atom. The van der Waals surface area contributed by atoms with Crippen molar-refractivity contribution in [2.24, 2.45) is 5.92 Å². The fourth-order valence-corrected chi connectivity index (χ4v) is 3.07. The van der Waals surface area contributed by atoms with Crippen LogP contribution in [0.3, 0.4) is 0 Å². The predicted molar refractivity (Wildman–Crippen MR) is 86.9 cm³/mol. The average molecular weight is 284 g/mol. The van der Waals surface area contributed by atoms with Gasteiger partial charge in [0.25, 0.3) is 0 Å². The van der Waals surface area contributed by atoms with Gasteiger partial charge in [0.05, 0.1) is 5.69 Å². The SMILES string of the molecule is CC(Nc1cccc(-n2cccn2)c1)C1CCN(C)CC1. The molecule has 112 valence electrons. The normalized spacial score (nSPS) is 18.6. The fourth-order valence-electron chi connectivity index (χ4n) is 3.07. The maximum atomic E-state index is 4.29. The number of likely N-dealkylation sites (tertiary alicyclic amines) is 1. The van der Waals surface area contributed by atoms with Crippen LogP contribution in [-0.4, -0.2) is 40.9 Å². The molecule has 0 spiro atoms. The number of nitrogens with zero attached hydrogens (tertiary/aromatic N) is 3. The van der Waals surface area contributed by atoms with E-state index in [0.29, 0.717) is 6.04 Å². The van der Waals surface area contributed by atoms with Crippen LogP contribution in [-0.2, 0) is 0 Å². The van der Waals surface area contributed by atoms with Crippen LogP contribution < -0.4 is 5.32 Å². The molecule has 1 aliphatic heterocycles. The van der Waals surface area contributed by atoms with Crippen LogP contribution in [0.1, 0.15) is 19.8 Å². The van der Waals surface area contributed by atoms with Crippen molar-refractivity contribution in [1.82, 2.24) is 14.7 Å². The Labute approximate surface area is 126 Å². The molecule has 1 aromatic heterocycles. The molecule has 2 aromatic rings. The molecule has 1 saturated heterocycles. The lowest BCUT2D eigenvalue weighted by Crippen LogP contribution is -2.37. The highest BCUT2D eigenvalue weighted by Crippen LogP contribution is 2.23. The maximum absolute atomic E-state index is 4.29. The largest absolute Gasteiger partial charge is 0.382 e. The molecule has 1 unspecified atom stereocenters. The van der Waals surface area contributed by atoms with E-state index in [2.05, 4.69) is 53.6 Å². The zero-order chi connectivity index (χ0) is 14.7. The highest BCUT2D eigenvalue weighted by Gasteiger charge is 2.22. The molecule has 0 bridgehead atoms. The average Bonchev–Trinajstić information content (AvgIpc) is 3.02. The molecule has 0 radical (unpaired) electrons. The smallest absolute Gasteiger partial charge is 0.0666 e. The molecule has 21 heavy (non-hydrogen) atoms. The molecule has 2 heterocycles. The molecule has 4 heteroatoms. The minimum absolute atomic E-state index is 0.506. The van der Waals surface area contributed by atoms with Crippen molar-refractivity contribution in [1.29, 1.82) is 0 Å². The highest BCUT2D eigenvalue weighted by molar-refractivity contribution is 5.51. The van der Waals surface area contributed by atoms with E-state index >= 15 is 0 Å². The summed E-state index contributed by atoms with van der Waals surface area (Å²) < 4.78 is 1.89. The van der Waals surface area contributed by atoms with E-state index in [1.807, 2.05) is 16.9 Å². The number of hydrogen-bond acceptors (Lipinski definition) is 3. The van der Waals surface area contributed by atoms with Crippen LogP contribution >= 0.6 is 0 Å². The Morgan fingerprint density at radius 3 is 2.76 bits per heavy atom. The summed E-state index contributed by atoms with van der Waals surface area (Å²) >= 11 is 0. The second kappa shape index (κ2) is 6.31. The molecule has 3 rings (SSSR count). The van der Waals surface area contributed by atoms with Gasteiger partial charge in [0.2, 0.25) is 0 Å². The molecule has 1 aromatic carbocycles. The van der Waals surface area contributed by atoms with E-state index in [4.69, 9.17) is 0 Å². The molecule has 1 aliphatic rings. The quantitative estimate of drug-likeness (QED) is 0.937. The molecule has 0 aliphatic carbocycles. The van der Waals surface area contributed by atoms with Gasteiger partial charge in [0, 0.05) is 24.1 Å². The van der Waals surface area contributed by atoms with Crippen LogP contribution in [0.15, 0.2) is 42.7 Å². The van der Waals surface area contributed by atoms with Crippen LogP contribution in [0.5, 0.6) is 0 Å². The molecular weight excluding hydrogens is 260 g/mol. The minimum Gasteiger partial charge on any atom is -0.382 e. The van der Waals surface area contributed by atoms with Crippen molar-refractivity contribution in [3.05, 3.63) is 42.7 Å². The monoisotopic (exact) mass is 284 g/mol. The van der Waals surface area contributed by atoms with Crippen molar-refractivity contribution >= 4 is 5.69 Å². The first-order valence-electron chi connectivity index (χ1n) is 7.77. The molecule has 1 atom stereocenters. The van der Waals surface area contributed by atoms with Gasteiger partial charge in [-0.1, -0.05) is 6.07 Å². The van der Waals surface area contributed by atoms with Crippen molar-refractivity contribution in [3.63, 3.8) is 0 Å². The number of anilines is 1. The lowest BCUT2D eigenvalue weighted by atomic mass is 9.90. The molecule has 0 amide bonds. The third-order valence-electron chi connectivity index (χ3n) is 4.48. The standard InChI is InChI=1S/C17H24N4/c1-14(15-7-11-20(2)12-8-15)19-16-5-3-6-17(13-16)21-10-4-9-18-21/h3-6,9-10,13-15,19H,7-8,11-12H2,1-2H3. The van der Waals surface area contributed by atoms with Gasteiger partial charge in [0.1, 0.15) is 0 Å². The van der Waals surface area contributed by atoms with Gasteiger partial charge in [-0.2, -0.15) is 5.10 Å². The van der Waals surface area contributed by atoms with Gasteiger partial charge in [-0.25, -0.2) is 4.68 Å². The summed E-state index contributed by atoms with van der Waals surface area (Å²) in [6.45, 7) is 4.73. The molecule has 1 fully saturated rings. The first-order valence-corrected chi connectivity index (χ1v) is 7.77. The molecule has 4 nitrogen and oxygen atoms in total. The van der Waals surface area contributed by atoms with Gasteiger partial charge in [-0.15, -0.1) is 0 Å². The van der Waals surface area contributed by atoms with E-state index in [1.54, 1.807) is 6.20 Å². The molecule has 0 saturated carbocycles. The Balaban J connectivity index is 1.66. The van der Waals surface area contributed by atoms with E-state index in [0.717, 1.165) is 11.6 Å². The van der Waals surface area contributed by atoms with Gasteiger partial charge >= 0.3 is 0 Å². The van der Waals surface area contributed by atoms with Crippen molar-refractivity contribution < 1.29 is 0 Å². The van der Waals surface area contributed by atoms with Crippen LogP contribution in [0, 0.1) is 5.92 Å². The first-order chi connectivity index (χ1) is 10.2. The topological polar surface area (TPSA) is 33.1 Å². The lowest BCUT2D eigenvalue weighted by Gasteiger charge is -2.33. The summed E-state index contributed by atoms with van der Waals surface area (Å²) in [6.07, 6.45) is 6.34. The van der Waals surface area contributed by atoms with Crippen LogP contribution in [0.4, 0.5) is 5.69 Å². The predicted octanol–water partition coefficient (Wildman–Crippen LogP) is 3.01. The Kier molecular flexibility index (Phi) is 4.25. The highest BCUT2D eigenvalue weighted by atomic mass is 15.3. The number of piperidine rings is 1. The number of hydrogen-bond donors (Lipinski definition) is 1. The van der Waals surface area contributed by atoms with Gasteiger partial charge in [-0.3, -0.25) is 0 Å². The summed E-state index contributed by atoms with van der Waals surface area (Å²) in [5, 5.41) is 7.96. The number of benzene rings is 1. The second-order valence-electron chi connectivity index (χ2n) is 6.07. The summed E-state index contributed by atoms with van der Waals surface area (Å²) in [6, 6.07) is 10.9. The van der Waals surface area contributed by atoms with Crippen LogP contribution in [0.2, 0.25) is 0 Å². The van der Waals surface area contributed by atoms with Gasteiger partial charge < -0.3 is 10.2 Å². The fraction of sp³-hybridized carbons (Fsp3) is 0.471. The van der Waals surface area contributed by atoms with Crippen LogP contribution in [0.25, 0.3) is 5.69 Å². The maximum Gasteiger partial charge on any atom is 0.0666 e. The minimum atomic E-state index is 0.506. The number of aromatic nitrogens is 2. The Morgan fingerprint density at radius 2 is 2.05 bits per heavy atom. The molecule has 1 N–H and O–H groups in total. The zero-order valence-corrected chi connectivity index (χ0v) is 12.9. The second-order valence-corrected chi connectivity index (χ2v) is 6.07. The van der Waals surface area contributed by atoms with Crippen molar-refractivity contribution in [2.75, 3.05) is 25.5 Å². The summed E-state index contributed by atoms with van der Waals surface area (Å²) in [4.78, 5) is 2.42. The van der Waals surface area contributed by atoms with Gasteiger partial charge in [0.15, 0.2) is 0 Å². The lowest BCUT2D eigenvalue weighted by molar-refractivity contribution is 0.208. The summed E-state index contributed by atoms with van der Waals surface area (Å²) in [5.41, 5.74) is 2.27. The number of nitrogens with one attached hydrogen (secondary N) is 1.